The molecular weight excluding hydrogens is 271 g/mol. The molecule has 0 saturated heterocycles. The summed E-state index contributed by atoms with van der Waals surface area (Å²) in [5.74, 6) is 1.57. The van der Waals surface area contributed by atoms with Crippen LogP contribution in [0.15, 0.2) is 30.3 Å². The van der Waals surface area contributed by atoms with E-state index >= 15 is 0 Å². The van der Waals surface area contributed by atoms with Gasteiger partial charge in [0.1, 0.15) is 5.83 Å². The molecule has 0 aromatic heterocycles. The summed E-state index contributed by atoms with van der Waals surface area (Å²) in [4.78, 5) is 0. The maximum atomic E-state index is 14.0. The second-order valence-corrected chi connectivity index (χ2v) is 6.82. The third-order valence-electron chi connectivity index (χ3n) is 5.08. The molecule has 1 aromatic carbocycles. The first-order valence-corrected chi connectivity index (χ1v) is 9.20. The van der Waals surface area contributed by atoms with Crippen LogP contribution >= 0.6 is 0 Å². The van der Waals surface area contributed by atoms with Crippen LogP contribution in [0.1, 0.15) is 88.7 Å². The maximum Gasteiger partial charge on any atom is 0.126 e. The Morgan fingerprint density at radius 2 is 1.73 bits per heavy atom. The lowest BCUT2D eigenvalue weighted by Crippen LogP contribution is -2.13. The quantitative estimate of drug-likeness (QED) is 0.465. The van der Waals surface area contributed by atoms with Crippen LogP contribution in [-0.4, -0.2) is 0 Å². The van der Waals surface area contributed by atoms with Gasteiger partial charge in [0.15, 0.2) is 0 Å². The molecule has 2 rings (SSSR count). The highest BCUT2D eigenvalue weighted by molar-refractivity contribution is 5.59. The number of allylic oxidation sites excluding steroid dienone is 1. The van der Waals surface area contributed by atoms with Crippen LogP contribution in [0.25, 0.3) is 5.83 Å². The Kier molecular flexibility index (Phi) is 7.15. The standard InChI is InChI=1S/C21H31F/c1-3-5-6-8-21(22)20-15-13-19(14-16-20)18-11-9-17(7-4-2)10-12-18/h8,13-18H,3-7,9-12H2,1-2H3. The molecule has 0 atom stereocenters. The number of benzene rings is 1. The normalized spacial score (nSPS) is 22.8. The lowest BCUT2D eigenvalue weighted by Gasteiger charge is -2.28. The average molecular weight is 302 g/mol. The van der Waals surface area contributed by atoms with Gasteiger partial charge < -0.3 is 0 Å². The molecule has 0 aliphatic heterocycles. The number of rotatable bonds is 7. The second kappa shape index (κ2) is 9.12. The Morgan fingerprint density at radius 3 is 2.32 bits per heavy atom. The molecule has 1 saturated carbocycles. The van der Waals surface area contributed by atoms with Crippen LogP contribution in [0.5, 0.6) is 0 Å². The van der Waals surface area contributed by atoms with Gasteiger partial charge in [0.2, 0.25) is 0 Å². The highest BCUT2D eigenvalue weighted by atomic mass is 19.1. The van der Waals surface area contributed by atoms with Gasteiger partial charge in [-0.25, -0.2) is 4.39 Å². The lowest BCUT2D eigenvalue weighted by atomic mass is 9.77. The smallest absolute Gasteiger partial charge is 0.126 e. The molecule has 1 aromatic rings. The first-order valence-electron chi connectivity index (χ1n) is 9.20. The van der Waals surface area contributed by atoms with Gasteiger partial charge in [-0.15, -0.1) is 0 Å². The predicted molar refractivity (Wildman–Crippen MR) is 94.7 cm³/mol. The van der Waals surface area contributed by atoms with E-state index in [9.17, 15) is 4.39 Å². The summed E-state index contributed by atoms with van der Waals surface area (Å²) >= 11 is 0. The van der Waals surface area contributed by atoms with Gasteiger partial charge in [0.05, 0.1) is 0 Å². The molecule has 0 spiro atoms. The molecule has 1 aliphatic rings. The van der Waals surface area contributed by atoms with Crippen molar-refractivity contribution in [1.29, 1.82) is 0 Å². The largest absolute Gasteiger partial charge is 0.207 e. The summed E-state index contributed by atoms with van der Waals surface area (Å²) in [6, 6.07) is 8.22. The van der Waals surface area contributed by atoms with E-state index in [-0.39, 0.29) is 5.83 Å². The van der Waals surface area contributed by atoms with Crippen LogP contribution < -0.4 is 0 Å². The van der Waals surface area contributed by atoms with E-state index in [1.807, 2.05) is 12.1 Å². The predicted octanol–water partition coefficient (Wildman–Crippen LogP) is 7.26. The number of unbranched alkanes of at least 4 members (excludes halogenated alkanes) is 2. The van der Waals surface area contributed by atoms with Crippen LogP contribution in [-0.2, 0) is 0 Å². The summed E-state index contributed by atoms with van der Waals surface area (Å²) < 4.78 is 14.0. The Bertz CT molecular complexity index is 449. The summed E-state index contributed by atoms with van der Waals surface area (Å²) in [5.41, 5.74) is 2.14. The molecule has 122 valence electrons. The van der Waals surface area contributed by atoms with E-state index < -0.39 is 0 Å². The van der Waals surface area contributed by atoms with Crippen molar-refractivity contribution in [3.8, 4) is 0 Å². The van der Waals surface area contributed by atoms with Crippen molar-refractivity contribution in [2.45, 2.75) is 77.6 Å². The van der Waals surface area contributed by atoms with Crippen LogP contribution in [0.4, 0.5) is 4.39 Å². The van der Waals surface area contributed by atoms with Gasteiger partial charge >= 0.3 is 0 Å². The molecule has 22 heavy (non-hydrogen) atoms. The van der Waals surface area contributed by atoms with Gasteiger partial charge in [-0.05, 0) is 62.0 Å². The number of hydrogen-bond acceptors (Lipinski definition) is 0. The highest BCUT2D eigenvalue weighted by Crippen LogP contribution is 2.37. The molecule has 0 radical (unpaired) electrons. The van der Waals surface area contributed by atoms with Crippen molar-refractivity contribution < 1.29 is 4.39 Å². The number of halogens is 1. The van der Waals surface area contributed by atoms with Gasteiger partial charge in [0, 0.05) is 5.56 Å². The molecule has 0 amide bonds. The minimum Gasteiger partial charge on any atom is -0.207 e. The van der Waals surface area contributed by atoms with Crippen molar-refractivity contribution in [2.75, 3.05) is 0 Å². The topological polar surface area (TPSA) is 0 Å². The molecule has 1 heteroatoms. The monoisotopic (exact) mass is 302 g/mol. The minimum absolute atomic E-state index is 0.0633. The molecule has 0 unspecified atom stereocenters. The molecule has 0 heterocycles. The fourth-order valence-electron chi connectivity index (χ4n) is 3.66. The van der Waals surface area contributed by atoms with E-state index in [1.54, 1.807) is 6.08 Å². The Hall–Kier alpha value is -1.11. The molecule has 1 aliphatic carbocycles. The average Bonchev–Trinajstić information content (AvgIpc) is 2.56. The van der Waals surface area contributed by atoms with E-state index in [4.69, 9.17) is 0 Å². The fourth-order valence-corrected chi connectivity index (χ4v) is 3.66. The van der Waals surface area contributed by atoms with Crippen LogP contribution in [0.3, 0.4) is 0 Å². The van der Waals surface area contributed by atoms with Crippen molar-refractivity contribution in [3.05, 3.63) is 41.5 Å². The third kappa shape index (κ3) is 4.97. The zero-order chi connectivity index (χ0) is 15.8. The Labute approximate surface area is 135 Å². The zero-order valence-electron chi connectivity index (χ0n) is 14.3. The number of hydrogen-bond donors (Lipinski definition) is 0. The van der Waals surface area contributed by atoms with Gasteiger partial charge in [-0.1, -0.05) is 57.4 Å². The van der Waals surface area contributed by atoms with Gasteiger partial charge in [0.25, 0.3) is 0 Å². The summed E-state index contributed by atoms with van der Waals surface area (Å²) in [6.45, 7) is 4.42. The summed E-state index contributed by atoms with van der Waals surface area (Å²) in [5, 5.41) is 0. The van der Waals surface area contributed by atoms with Crippen molar-refractivity contribution >= 4 is 5.83 Å². The summed E-state index contributed by atoms with van der Waals surface area (Å²) in [6.07, 6.45) is 12.8. The van der Waals surface area contributed by atoms with E-state index in [1.165, 1.54) is 44.1 Å². The molecular formula is C21H31F. The first-order chi connectivity index (χ1) is 10.7. The van der Waals surface area contributed by atoms with Crippen molar-refractivity contribution in [3.63, 3.8) is 0 Å². The Balaban J connectivity index is 1.91. The summed E-state index contributed by atoms with van der Waals surface area (Å²) in [7, 11) is 0. The lowest BCUT2D eigenvalue weighted by molar-refractivity contribution is 0.308. The van der Waals surface area contributed by atoms with Crippen molar-refractivity contribution in [1.82, 2.24) is 0 Å². The second-order valence-electron chi connectivity index (χ2n) is 6.82. The first kappa shape index (κ1) is 17.2. The molecule has 1 fully saturated rings. The van der Waals surface area contributed by atoms with Crippen LogP contribution in [0.2, 0.25) is 0 Å². The fraction of sp³-hybridized carbons (Fsp3) is 0.619. The Morgan fingerprint density at radius 1 is 1.05 bits per heavy atom. The van der Waals surface area contributed by atoms with Gasteiger partial charge in [-0.2, -0.15) is 0 Å². The van der Waals surface area contributed by atoms with E-state index in [2.05, 4.69) is 26.0 Å². The van der Waals surface area contributed by atoms with Crippen LogP contribution in [0, 0.1) is 5.92 Å². The molecule has 0 bridgehead atoms. The van der Waals surface area contributed by atoms with E-state index in [0.29, 0.717) is 5.92 Å². The third-order valence-corrected chi connectivity index (χ3v) is 5.08. The SMILES string of the molecule is CCCCC=C(F)c1ccc(C2CCC(CCC)CC2)cc1. The van der Waals surface area contributed by atoms with E-state index in [0.717, 1.165) is 30.7 Å². The molecule has 0 N–H and O–H groups in total. The molecule has 0 nitrogen and oxygen atoms in total. The zero-order valence-corrected chi connectivity index (χ0v) is 14.3. The van der Waals surface area contributed by atoms with Gasteiger partial charge in [-0.3, -0.25) is 0 Å². The highest BCUT2D eigenvalue weighted by Gasteiger charge is 2.21. The van der Waals surface area contributed by atoms with Crippen molar-refractivity contribution in [2.24, 2.45) is 5.92 Å². The maximum absolute atomic E-state index is 14.0. The minimum atomic E-state index is -0.0633.